The molecule has 2 heterocycles. The second kappa shape index (κ2) is 13.4. The summed E-state index contributed by atoms with van der Waals surface area (Å²) in [6.45, 7) is 4.74. The molecule has 1 aliphatic carbocycles. The second-order valence-corrected chi connectivity index (χ2v) is 17.6. The smallest absolute Gasteiger partial charge is 0.143 e. The van der Waals surface area contributed by atoms with Gasteiger partial charge in [-0.15, -0.1) is 11.3 Å². The van der Waals surface area contributed by atoms with E-state index < -0.39 is 0 Å². The number of hydrogen-bond acceptors (Lipinski definition) is 3. The van der Waals surface area contributed by atoms with Gasteiger partial charge in [0.25, 0.3) is 0 Å². The lowest BCUT2D eigenvalue weighted by molar-refractivity contribution is 0.660. The van der Waals surface area contributed by atoms with E-state index >= 15 is 0 Å². The van der Waals surface area contributed by atoms with Crippen molar-refractivity contribution in [2.24, 2.45) is 0 Å². The summed E-state index contributed by atoms with van der Waals surface area (Å²) in [6.07, 6.45) is 0. The Morgan fingerprint density at radius 2 is 1.02 bits per heavy atom. The monoisotopic (exact) mass is 785 g/mol. The minimum atomic E-state index is -0.179. The molecular weight excluding hydrogens is 747 g/mol. The Bertz CT molecular complexity index is 3440. The first-order chi connectivity index (χ1) is 29.5. The van der Waals surface area contributed by atoms with Crippen LogP contribution >= 0.6 is 11.3 Å². The largest absolute Gasteiger partial charge is 0.455 e. The van der Waals surface area contributed by atoms with Crippen LogP contribution in [0.15, 0.2) is 205 Å². The lowest BCUT2D eigenvalue weighted by Gasteiger charge is -2.28. The van der Waals surface area contributed by atoms with Gasteiger partial charge >= 0.3 is 0 Å². The van der Waals surface area contributed by atoms with Gasteiger partial charge in [-0.05, 0) is 105 Å². The van der Waals surface area contributed by atoms with E-state index in [0.29, 0.717) is 0 Å². The number of benzene rings is 9. The molecule has 0 atom stereocenters. The van der Waals surface area contributed by atoms with E-state index in [2.05, 4.69) is 207 Å². The summed E-state index contributed by atoms with van der Waals surface area (Å²) < 4.78 is 9.10. The third-order valence-electron chi connectivity index (χ3n) is 12.7. The highest BCUT2D eigenvalue weighted by Gasteiger charge is 2.37. The number of hydrogen-bond donors (Lipinski definition) is 0. The molecule has 12 rings (SSSR count). The van der Waals surface area contributed by atoms with Gasteiger partial charge in [-0.1, -0.05) is 159 Å². The molecule has 2 aromatic heterocycles. The summed E-state index contributed by atoms with van der Waals surface area (Å²) in [5.41, 5.74) is 17.5. The molecule has 1 aliphatic rings. The summed E-state index contributed by atoms with van der Waals surface area (Å²) >= 11 is 1.86. The SMILES string of the molecule is CC1(C)c2cc(N(c3ccc(-c4ccc5c(c4)sc4ccccc45)cc3)c3ccc(-c4cccc5c4oc4ccccc45)cc3)ccc2-c2c(-c3ccccc3)cccc21. The second-order valence-electron chi connectivity index (χ2n) is 16.5. The Labute approximate surface area is 353 Å². The number of nitrogens with zero attached hydrogens (tertiary/aromatic N) is 1. The van der Waals surface area contributed by atoms with Gasteiger partial charge < -0.3 is 9.32 Å². The van der Waals surface area contributed by atoms with Crippen LogP contribution in [-0.4, -0.2) is 0 Å². The summed E-state index contributed by atoms with van der Waals surface area (Å²) in [4.78, 5) is 2.40. The summed E-state index contributed by atoms with van der Waals surface area (Å²) in [5, 5.41) is 4.92. The van der Waals surface area contributed by atoms with Crippen LogP contribution in [0.4, 0.5) is 17.1 Å². The van der Waals surface area contributed by atoms with Crippen LogP contribution in [0.5, 0.6) is 0 Å². The van der Waals surface area contributed by atoms with Gasteiger partial charge in [-0.2, -0.15) is 0 Å². The van der Waals surface area contributed by atoms with E-state index in [0.717, 1.165) is 50.1 Å². The molecule has 3 heteroatoms. The maximum Gasteiger partial charge on any atom is 0.143 e. The lowest BCUT2D eigenvalue weighted by atomic mass is 9.81. The fourth-order valence-electron chi connectivity index (χ4n) is 9.69. The fraction of sp³-hybridized carbons (Fsp3) is 0.0526. The summed E-state index contributed by atoms with van der Waals surface area (Å²) in [7, 11) is 0. The van der Waals surface area contributed by atoms with Gasteiger partial charge in [0.05, 0.1) is 0 Å². The minimum Gasteiger partial charge on any atom is -0.455 e. The highest BCUT2D eigenvalue weighted by Crippen LogP contribution is 2.54. The van der Waals surface area contributed by atoms with Gasteiger partial charge in [0.1, 0.15) is 11.2 Å². The molecule has 0 fully saturated rings. The number of anilines is 3. The first-order valence-electron chi connectivity index (χ1n) is 20.7. The van der Waals surface area contributed by atoms with E-state index in [1.54, 1.807) is 0 Å². The maximum atomic E-state index is 6.46. The van der Waals surface area contributed by atoms with Crippen molar-refractivity contribution < 1.29 is 4.42 Å². The van der Waals surface area contributed by atoms with Crippen LogP contribution in [0, 0.1) is 0 Å². The number of furan rings is 1. The molecule has 284 valence electrons. The van der Waals surface area contributed by atoms with Crippen molar-refractivity contribution in [3.8, 4) is 44.5 Å². The predicted molar refractivity (Wildman–Crippen MR) is 255 cm³/mol. The third-order valence-corrected chi connectivity index (χ3v) is 13.8. The normalized spacial score (nSPS) is 13.0. The topological polar surface area (TPSA) is 16.4 Å². The van der Waals surface area contributed by atoms with Crippen molar-refractivity contribution >= 4 is 70.5 Å². The number of para-hydroxylation sites is 2. The van der Waals surface area contributed by atoms with E-state index in [4.69, 9.17) is 4.42 Å². The van der Waals surface area contributed by atoms with Crippen LogP contribution in [0.25, 0.3) is 86.6 Å². The molecule has 0 amide bonds. The summed E-state index contributed by atoms with van der Waals surface area (Å²) in [5.74, 6) is 0. The molecule has 11 aromatic rings. The van der Waals surface area contributed by atoms with Gasteiger partial charge in [-0.25, -0.2) is 0 Å². The van der Waals surface area contributed by atoms with Crippen molar-refractivity contribution in [1.29, 1.82) is 0 Å². The molecule has 0 N–H and O–H groups in total. The zero-order valence-electron chi connectivity index (χ0n) is 33.3. The van der Waals surface area contributed by atoms with E-state index in [-0.39, 0.29) is 5.41 Å². The van der Waals surface area contributed by atoms with E-state index in [9.17, 15) is 0 Å². The number of thiophene rings is 1. The Balaban J connectivity index is 0.976. The Kier molecular flexibility index (Phi) is 7.79. The zero-order chi connectivity index (χ0) is 40.0. The molecule has 0 saturated heterocycles. The molecule has 0 spiro atoms. The Morgan fingerprint density at radius 3 is 1.83 bits per heavy atom. The molecule has 9 aromatic carbocycles. The van der Waals surface area contributed by atoms with Gasteiger partial charge in [0, 0.05) is 59.0 Å². The minimum absolute atomic E-state index is 0.179. The Morgan fingerprint density at radius 1 is 0.400 bits per heavy atom. The molecule has 0 unspecified atom stereocenters. The molecule has 0 bridgehead atoms. The zero-order valence-corrected chi connectivity index (χ0v) is 34.1. The number of fused-ring (bicyclic) bond motifs is 9. The molecule has 0 radical (unpaired) electrons. The van der Waals surface area contributed by atoms with Gasteiger partial charge in [0.15, 0.2) is 0 Å². The highest BCUT2D eigenvalue weighted by molar-refractivity contribution is 7.25. The van der Waals surface area contributed by atoms with Gasteiger partial charge in [0.2, 0.25) is 0 Å². The van der Waals surface area contributed by atoms with Crippen molar-refractivity contribution in [3.05, 3.63) is 211 Å². The van der Waals surface area contributed by atoms with Crippen molar-refractivity contribution in [3.63, 3.8) is 0 Å². The van der Waals surface area contributed by atoms with E-state index in [1.807, 2.05) is 23.5 Å². The molecule has 0 aliphatic heterocycles. The van der Waals surface area contributed by atoms with Gasteiger partial charge in [-0.3, -0.25) is 0 Å². The first kappa shape index (κ1) is 34.8. The van der Waals surface area contributed by atoms with Crippen LogP contribution in [0.2, 0.25) is 0 Å². The average molecular weight is 786 g/mol. The average Bonchev–Trinajstić information content (AvgIpc) is 3.94. The highest BCUT2D eigenvalue weighted by atomic mass is 32.1. The summed E-state index contributed by atoms with van der Waals surface area (Å²) in [6, 6.07) is 73.1. The molecular formula is C57H39NOS. The molecule has 60 heavy (non-hydrogen) atoms. The standard InChI is InChI=1S/C57H39NOS/c1-57(2)50-19-11-16-43(37-12-4-3-5-13-37)55(50)49-33-31-42(35-51(49)57)58(40-27-22-36(23-28-40)39-26-32-47-46-15-7-9-21-53(46)60-54(47)34-39)41-29-24-38(25-30-41)44-17-10-18-48-45-14-6-8-20-52(45)59-56(44)48/h3-35H,1-2H3. The maximum absolute atomic E-state index is 6.46. The number of rotatable bonds is 6. The fourth-order valence-corrected chi connectivity index (χ4v) is 10.8. The van der Waals surface area contributed by atoms with Crippen LogP contribution in [0.1, 0.15) is 25.0 Å². The quantitative estimate of drug-likeness (QED) is 0.167. The van der Waals surface area contributed by atoms with Crippen LogP contribution in [-0.2, 0) is 5.41 Å². The molecule has 2 nitrogen and oxygen atoms in total. The van der Waals surface area contributed by atoms with Crippen molar-refractivity contribution in [1.82, 2.24) is 0 Å². The predicted octanol–water partition coefficient (Wildman–Crippen LogP) is 16.7. The van der Waals surface area contributed by atoms with E-state index in [1.165, 1.54) is 64.7 Å². The van der Waals surface area contributed by atoms with Crippen molar-refractivity contribution in [2.75, 3.05) is 4.90 Å². The van der Waals surface area contributed by atoms with Crippen LogP contribution < -0.4 is 4.90 Å². The molecule has 0 saturated carbocycles. The van der Waals surface area contributed by atoms with Crippen molar-refractivity contribution in [2.45, 2.75) is 19.3 Å². The Hall–Kier alpha value is -7.20. The first-order valence-corrected chi connectivity index (χ1v) is 21.5. The van der Waals surface area contributed by atoms with Crippen LogP contribution in [0.3, 0.4) is 0 Å². The third kappa shape index (κ3) is 5.40. The lowest BCUT2D eigenvalue weighted by Crippen LogP contribution is -2.16.